The molecule has 1 heterocycles. The Kier molecular flexibility index (Phi) is 2.28. The van der Waals surface area contributed by atoms with Gasteiger partial charge in [-0.05, 0) is 17.1 Å². The highest BCUT2D eigenvalue weighted by Gasteiger charge is 2.21. The summed E-state index contributed by atoms with van der Waals surface area (Å²) in [6, 6.07) is 4.61. The van der Waals surface area contributed by atoms with E-state index < -0.39 is 10.9 Å². The smallest absolute Gasteiger partial charge is 0.351 e. The predicted molar refractivity (Wildman–Crippen MR) is 54.1 cm³/mol. The maximum atomic E-state index is 11.4. The molecule has 0 fully saturated rings. The van der Waals surface area contributed by atoms with Gasteiger partial charge in [-0.2, -0.15) is 0 Å². The minimum atomic E-state index is -0.630. The summed E-state index contributed by atoms with van der Waals surface area (Å²) in [5.41, 5.74) is 0.482. The lowest BCUT2D eigenvalue weighted by atomic mass is 10.1. The van der Waals surface area contributed by atoms with Gasteiger partial charge in [0.2, 0.25) is 0 Å². The number of H-pyrrole nitrogens is 1. The van der Waals surface area contributed by atoms with Gasteiger partial charge >= 0.3 is 11.8 Å². The third kappa shape index (κ3) is 1.38. The van der Waals surface area contributed by atoms with Crippen molar-refractivity contribution in [1.29, 1.82) is 0 Å². The summed E-state index contributed by atoms with van der Waals surface area (Å²) in [6.45, 7) is 0. The average Bonchev–Trinajstić information content (AvgIpc) is 2.71. The van der Waals surface area contributed by atoms with Gasteiger partial charge in [0.15, 0.2) is 0 Å². The van der Waals surface area contributed by atoms with Crippen molar-refractivity contribution in [3.63, 3.8) is 0 Å². The molecule has 0 aliphatic carbocycles. The van der Waals surface area contributed by atoms with Crippen molar-refractivity contribution >= 4 is 22.7 Å². The van der Waals surface area contributed by atoms with Gasteiger partial charge < -0.3 is 14.9 Å². The third-order valence-electron chi connectivity index (χ3n) is 2.15. The quantitative estimate of drug-likeness (QED) is 0.467. The molecule has 2 rings (SSSR count). The van der Waals surface area contributed by atoms with Gasteiger partial charge in [0, 0.05) is 0 Å². The highest BCUT2D eigenvalue weighted by atomic mass is 16.6. The molecule has 0 amide bonds. The lowest BCUT2D eigenvalue weighted by molar-refractivity contribution is -0.387. The topological polar surface area (TPSA) is 98.1 Å². The van der Waals surface area contributed by atoms with Crippen LogP contribution < -0.4 is 0 Å². The number of nitro groups is 1. The summed E-state index contributed by atoms with van der Waals surface area (Å²) < 4.78 is 4.55. The number of nitrogens with zero attached hydrogens (tertiary/aromatic N) is 2. The van der Waals surface area contributed by atoms with Crippen molar-refractivity contribution in [2.75, 3.05) is 7.11 Å². The van der Waals surface area contributed by atoms with Gasteiger partial charge in [-0.25, -0.2) is 4.79 Å². The van der Waals surface area contributed by atoms with Crippen LogP contribution >= 0.6 is 0 Å². The molecule has 1 N–H and O–H groups in total. The van der Waals surface area contributed by atoms with E-state index in [0.29, 0.717) is 5.52 Å². The molecule has 82 valence electrons. The Hall–Kier alpha value is -2.44. The molecule has 0 aliphatic heterocycles. The summed E-state index contributed by atoms with van der Waals surface area (Å²) >= 11 is 0. The van der Waals surface area contributed by atoms with Crippen LogP contribution in [0.5, 0.6) is 0 Å². The number of hydrogen-bond donors (Lipinski definition) is 1. The molecular formula is C9H7N3O4. The molecule has 1 aromatic carbocycles. The van der Waals surface area contributed by atoms with Crippen molar-refractivity contribution in [1.82, 2.24) is 10.2 Å². The van der Waals surface area contributed by atoms with Crippen LogP contribution in [0.1, 0.15) is 10.4 Å². The lowest BCUT2D eigenvalue weighted by Gasteiger charge is -1.99. The number of aromatic nitrogens is 2. The molecule has 1 aromatic heterocycles. The Labute approximate surface area is 89.2 Å². The first-order valence-electron chi connectivity index (χ1n) is 4.35. The predicted octanol–water partition coefficient (Wildman–Crippen LogP) is 1.26. The molecule has 2 aromatic rings. The number of hydrogen-bond acceptors (Lipinski definition) is 5. The fraction of sp³-hybridized carbons (Fsp3) is 0.111. The van der Waals surface area contributed by atoms with Gasteiger partial charge in [-0.1, -0.05) is 11.2 Å². The summed E-state index contributed by atoms with van der Waals surface area (Å²) in [5, 5.41) is 16.9. The minimum Gasteiger partial charge on any atom is -0.465 e. The van der Waals surface area contributed by atoms with Gasteiger partial charge in [-0.15, -0.1) is 5.10 Å². The number of methoxy groups -OCH3 is 1. The Balaban J connectivity index is 2.78. The van der Waals surface area contributed by atoms with Gasteiger partial charge in [0.1, 0.15) is 10.9 Å². The van der Waals surface area contributed by atoms with Crippen LogP contribution in [0.4, 0.5) is 5.82 Å². The first-order valence-corrected chi connectivity index (χ1v) is 4.35. The first kappa shape index (κ1) is 10.1. The molecule has 0 aliphatic rings. The Morgan fingerprint density at radius 3 is 2.94 bits per heavy atom. The van der Waals surface area contributed by atoms with Gasteiger partial charge in [-0.3, -0.25) is 0 Å². The molecule has 7 heteroatoms. The highest BCUT2D eigenvalue weighted by Crippen LogP contribution is 2.26. The molecule has 7 nitrogen and oxygen atoms in total. The van der Waals surface area contributed by atoms with Crippen LogP contribution in [-0.4, -0.2) is 28.2 Å². The summed E-state index contributed by atoms with van der Waals surface area (Å²) in [6.07, 6.45) is 0. The fourth-order valence-corrected chi connectivity index (χ4v) is 1.46. The molecule has 0 atom stereocenters. The summed E-state index contributed by atoms with van der Waals surface area (Å²) in [4.78, 5) is 21.5. The van der Waals surface area contributed by atoms with Gasteiger partial charge in [0.05, 0.1) is 12.7 Å². The molecule has 16 heavy (non-hydrogen) atoms. The Morgan fingerprint density at radius 1 is 1.56 bits per heavy atom. The zero-order valence-corrected chi connectivity index (χ0v) is 8.26. The molecule has 0 unspecified atom stereocenters. The van der Waals surface area contributed by atoms with Crippen LogP contribution in [0.25, 0.3) is 10.9 Å². The van der Waals surface area contributed by atoms with E-state index in [-0.39, 0.29) is 16.8 Å². The number of rotatable bonds is 2. The second-order valence-electron chi connectivity index (χ2n) is 3.02. The second-order valence-corrected chi connectivity index (χ2v) is 3.02. The number of aromatic amines is 1. The van der Waals surface area contributed by atoms with E-state index in [1.807, 2.05) is 0 Å². The average molecular weight is 221 g/mol. The van der Waals surface area contributed by atoms with Crippen molar-refractivity contribution in [2.24, 2.45) is 0 Å². The maximum absolute atomic E-state index is 11.4. The number of benzene rings is 1. The highest BCUT2D eigenvalue weighted by molar-refractivity contribution is 6.06. The zero-order valence-electron chi connectivity index (χ0n) is 8.26. The van der Waals surface area contributed by atoms with Crippen molar-refractivity contribution in [3.05, 3.63) is 33.9 Å². The Bertz CT molecular complexity index is 575. The Morgan fingerprint density at radius 2 is 2.31 bits per heavy atom. The first-order chi connectivity index (χ1) is 7.65. The van der Waals surface area contributed by atoms with Crippen LogP contribution in [0.3, 0.4) is 0 Å². The SMILES string of the molecule is COC(=O)c1cccc2n[nH]c([N+](=O)[O-])c12. The molecule has 0 saturated carbocycles. The van der Waals surface area contributed by atoms with E-state index in [9.17, 15) is 14.9 Å². The van der Waals surface area contributed by atoms with Crippen molar-refractivity contribution in [3.8, 4) is 0 Å². The monoisotopic (exact) mass is 221 g/mol. The van der Waals surface area contributed by atoms with E-state index in [4.69, 9.17) is 0 Å². The second kappa shape index (κ2) is 3.61. The van der Waals surface area contributed by atoms with Crippen LogP contribution in [0, 0.1) is 10.1 Å². The molecular weight excluding hydrogens is 214 g/mol. The van der Waals surface area contributed by atoms with Gasteiger partial charge in [0.25, 0.3) is 0 Å². The van der Waals surface area contributed by atoms with E-state index in [1.54, 1.807) is 12.1 Å². The lowest BCUT2D eigenvalue weighted by Crippen LogP contribution is -2.02. The van der Waals surface area contributed by atoms with E-state index in [1.165, 1.54) is 13.2 Å². The summed E-state index contributed by atoms with van der Waals surface area (Å²) in [7, 11) is 1.22. The third-order valence-corrected chi connectivity index (χ3v) is 2.15. The number of nitrogens with one attached hydrogen (secondary N) is 1. The zero-order chi connectivity index (χ0) is 11.7. The molecule has 0 radical (unpaired) electrons. The standard InChI is InChI=1S/C9H7N3O4/c1-16-9(13)5-3-2-4-6-7(5)8(11-10-6)12(14)15/h2-4H,1H3,(H,10,11). The van der Waals surface area contributed by atoms with E-state index >= 15 is 0 Å². The fourth-order valence-electron chi connectivity index (χ4n) is 1.46. The number of carbonyl (C=O) groups is 1. The molecule has 0 bridgehead atoms. The summed E-state index contributed by atoms with van der Waals surface area (Å²) in [5.74, 6) is -0.939. The van der Waals surface area contributed by atoms with Crippen LogP contribution in [0.2, 0.25) is 0 Å². The van der Waals surface area contributed by atoms with E-state index in [2.05, 4.69) is 14.9 Å². The minimum absolute atomic E-state index is 0.125. The maximum Gasteiger partial charge on any atom is 0.351 e. The van der Waals surface area contributed by atoms with E-state index in [0.717, 1.165) is 0 Å². The molecule has 0 saturated heterocycles. The normalized spacial score (nSPS) is 10.3. The van der Waals surface area contributed by atoms with Crippen molar-refractivity contribution < 1.29 is 14.5 Å². The van der Waals surface area contributed by atoms with Crippen LogP contribution in [0.15, 0.2) is 18.2 Å². The van der Waals surface area contributed by atoms with Crippen molar-refractivity contribution in [2.45, 2.75) is 0 Å². The largest absolute Gasteiger partial charge is 0.465 e. The number of ether oxygens (including phenoxy) is 1. The molecule has 0 spiro atoms. The number of esters is 1. The van der Waals surface area contributed by atoms with Crippen LogP contribution in [-0.2, 0) is 4.74 Å². The number of carbonyl (C=O) groups excluding carboxylic acids is 1. The number of fused-ring (bicyclic) bond motifs is 1.